The molecule has 0 fully saturated rings. The summed E-state index contributed by atoms with van der Waals surface area (Å²) in [5.74, 6) is 5.27. The highest BCUT2D eigenvalue weighted by molar-refractivity contribution is 5.39. The van der Waals surface area contributed by atoms with E-state index in [9.17, 15) is 4.39 Å². The highest BCUT2D eigenvalue weighted by Crippen LogP contribution is 2.17. The van der Waals surface area contributed by atoms with Gasteiger partial charge in [0.25, 0.3) is 0 Å². The summed E-state index contributed by atoms with van der Waals surface area (Å²) in [4.78, 5) is 0. The molecule has 104 valence electrons. The lowest BCUT2D eigenvalue weighted by Gasteiger charge is -2.04. The number of aliphatic hydroxyl groups is 1. The number of aromatic nitrogens is 3. The van der Waals surface area contributed by atoms with E-state index in [4.69, 9.17) is 9.84 Å². The Morgan fingerprint density at radius 3 is 2.95 bits per heavy atom. The van der Waals surface area contributed by atoms with Gasteiger partial charge >= 0.3 is 0 Å². The maximum absolute atomic E-state index is 13.7. The number of hydrogen-bond acceptors (Lipinski definition) is 4. The van der Waals surface area contributed by atoms with Gasteiger partial charge in [-0.3, -0.25) is 4.68 Å². The molecule has 0 aliphatic heterocycles. The van der Waals surface area contributed by atoms with Crippen LogP contribution in [0, 0.1) is 17.7 Å². The smallest absolute Gasteiger partial charge is 0.142 e. The van der Waals surface area contributed by atoms with E-state index in [1.54, 1.807) is 30.1 Å². The Morgan fingerprint density at radius 1 is 1.45 bits per heavy atom. The van der Waals surface area contributed by atoms with Crippen molar-refractivity contribution in [3.63, 3.8) is 0 Å². The monoisotopic (exact) mass is 275 g/mol. The van der Waals surface area contributed by atoms with Gasteiger partial charge in [0.05, 0.1) is 18.4 Å². The molecule has 0 amide bonds. The van der Waals surface area contributed by atoms with E-state index in [0.29, 0.717) is 17.9 Å². The Balaban J connectivity index is 2.00. The molecule has 2 aromatic rings. The van der Waals surface area contributed by atoms with Crippen molar-refractivity contribution in [1.29, 1.82) is 0 Å². The molecule has 0 saturated heterocycles. The van der Waals surface area contributed by atoms with Gasteiger partial charge in [0.2, 0.25) is 0 Å². The third-order valence-electron chi connectivity index (χ3n) is 2.44. The van der Waals surface area contributed by atoms with Crippen molar-refractivity contribution in [2.45, 2.75) is 13.0 Å². The summed E-state index contributed by atoms with van der Waals surface area (Å²) < 4.78 is 20.7. The van der Waals surface area contributed by atoms with Crippen molar-refractivity contribution >= 4 is 0 Å². The van der Waals surface area contributed by atoms with E-state index in [-0.39, 0.29) is 18.8 Å². The zero-order chi connectivity index (χ0) is 14.4. The average molecular weight is 275 g/mol. The molecule has 2 rings (SSSR count). The fourth-order valence-electron chi connectivity index (χ4n) is 1.52. The van der Waals surface area contributed by atoms with Crippen LogP contribution in [0.5, 0.6) is 5.75 Å². The molecule has 0 saturated carbocycles. The van der Waals surface area contributed by atoms with E-state index in [1.807, 2.05) is 0 Å². The molecule has 1 heterocycles. The number of ether oxygens (including phenoxy) is 1. The van der Waals surface area contributed by atoms with Crippen LogP contribution in [0.3, 0.4) is 0 Å². The minimum Gasteiger partial charge on any atom is -0.487 e. The van der Waals surface area contributed by atoms with Crippen LogP contribution in [0.1, 0.15) is 17.7 Å². The van der Waals surface area contributed by atoms with E-state index >= 15 is 0 Å². The second kappa shape index (κ2) is 6.68. The lowest BCUT2D eigenvalue weighted by atomic mass is 10.2. The predicted molar refractivity (Wildman–Crippen MR) is 70.3 cm³/mol. The van der Waals surface area contributed by atoms with Crippen molar-refractivity contribution in [1.82, 2.24) is 15.0 Å². The Labute approximate surface area is 116 Å². The quantitative estimate of drug-likeness (QED) is 0.854. The van der Waals surface area contributed by atoms with Crippen LogP contribution in [0.2, 0.25) is 0 Å². The van der Waals surface area contributed by atoms with E-state index in [2.05, 4.69) is 22.2 Å². The summed E-state index contributed by atoms with van der Waals surface area (Å²) in [6.45, 7) is 0.191. The van der Waals surface area contributed by atoms with Crippen LogP contribution in [0.25, 0.3) is 0 Å². The van der Waals surface area contributed by atoms with Crippen molar-refractivity contribution in [2.75, 3.05) is 6.61 Å². The number of aryl methyl sites for hydroxylation is 1. The molecule has 0 bridgehead atoms. The fraction of sp³-hybridized carbons (Fsp3) is 0.286. The third-order valence-corrected chi connectivity index (χ3v) is 2.44. The Hall–Kier alpha value is -2.39. The third kappa shape index (κ3) is 3.80. The number of aliphatic hydroxyl groups excluding tert-OH is 1. The number of nitrogens with zero attached hydrogens (tertiary/aromatic N) is 3. The zero-order valence-electron chi connectivity index (χ0n) is 11.0. The second-order valence-electron chi connectivity index (χ2n) is 4.09. The lowest BCUT2D eigenvalue weighted by Crippen LogP contribution is -1.97. The van der Waals surface area contributed by atoms with Gasteiger partial charge in [-0.1, -0.05) is 17.1 Å². The molecule has 5 nitrogen and oxygen atoms in total. The highest BCUT2D eigenvalue weighted by atomic mass is 19.1. The van der Waals surface area contributed by atoms with Crippen LogP contribution < -0.4 is 4.74 Å². The van der Waals surface area contributed by atoms with Gasteiger partial charge in [-0.15, -0.1) is 5.10 Å². The largest absolute Gasteiger partial charge is 0.487 e. The predicted octanol–water partition coefficient (Wildman–Crippen LogP) is 1.27. The summed E-state index contributed by atoms with van der Waals surface area (Å²) >= 11 is 0. The van der Waals surface area contributed by atoms with Gasteiger partial charge < -0.3 is 9.84 Å². The maximum atomic E-state index is 13.7. The molecule has 6 heteroatoms. The van der Waals surface area contributed by atoms with Gasteiger partial charge in [-0.2, -0.15) is 0 Å². The van der Waals surface area contributed by atoms with Crippen LogP contribution in [0.15, 0.2) is 24.4 Å². The van der Waals surface area contributed by atoms with Crippen LogP contribution >= 0.6 is 0 Å². The van der Waals surface area contributed by atoms with Gasteiger partial charge in [-0.25, -0.2) is 4.39 Å². The van der Waals surface area contributed by atoms with Crippen LogP contribution in [-0.4, -0.2) is 26.7 Å². The molecule has 0 atom stereocenters. The first kappa shape index (κ1) is 14.0. The van der Waals surface area contributed by atoms with Crippen molar-refractivity contribution in [2.24, 2.45) is 7.05 Å². The summed E-state index contributed by atoms with van der Waals surface area (Å²) in [5.41, 5.74) is 0.949. The van der Waals surface area contributed by atoms with E-state index in [1.165, 1.54) is 6.07 Å². The molecule has 0 spiro atoms. The summed E-state index contributed by atoms with van der Waals surface area (Å²) in [5, 5.41) is 16.3. The van der Waals surface area contributed by atoms with Crippen LogP contribution in [0.4, 0.5) is 4.39 Å². The minimum atomic E-state index is -0.452. The lowest BCUT2D eigenvalue weighted by molar-refractivity contribution is 0.299. The Kier molecular flexibility index (Phi) is 4.69. The maximum Gasteiger partial charge on any atom is 0.142 e. The number of hydrogen-bond donors (Lipinski definition) is 1. The van der Waals surface area contributed by atoms with Gasteiger partial charge in [-0.05, 0) is 12.1 Å². The van der Waals surface area contributed by atoms with Crippen molar-refractivity contribution in [3.8, 4) is 17.6 Å². The van der Waals surface area contributed by atoms with Gasteiger partial charge in [0, 0.05) is 19.5 Å². The molecule has 1 aromatic carbocycles. The molecule has 0 unspecified atom stereocenters. The first-order valence-corrected chi connectivity index (χ1v) is 6.06. The molecule has 20 heavy (non-hydrogen) atoms. The first-order valence-electron chi connectivity index (χ1n) is 6.06. The number of benzene rings is 1. The SMILES string of the molecule is Cn1cc(COc2ccc(C#CCCO)c(F)c2)nn1. The highest BCUT2D eigenvalue weighted by Gasteiger charge is 2.04. The number of rotatable bonds is 4. The summed E-state index contributed by atoms with van der Waals surface area (Å²) in [6.07, 6.45) is 2.05. The molecule has 1 aromatic heterocycles. The van der Waals surface area contributed by atoms with Crippen LogP contribution in [-0.2, 0) is 13.7 Å². The Morgan fingerprint density at radius 2 is 2.30 bits per heavy atom. The standard InChI is InChI=1S/C14H14FN3O2/c1-18-9-12(16-17-18)10-20-13-6-5-11(14(15)8-13)4-2-3-7-19/h5-6,8-9,19H,3,7,10H2,1H3. The molecular formula is C14H14FN3O2. The van der Waals surface area contributed by atoms with Gasteiger partial charge in [0.1, 0.15) is 23.9 Å². The fourth-order valence-corrected chi connectivity index (χ4v) is 1.52. The van der Waals surface area contributed by atoms with Gasteiger partial charge in [0.15, 0.2) is 0 Å². The summed E-state index contributed by atoms with van der Waals surface area (Å²) in [7, 11) is 1.76. The van der Waals surface area contributed by atoms with E-state index < -0.39 is 5.82 Å². The zero-order valence-corrected chi connectivity index (χ0v) is 11.0. The molecular weight excluding hydrogens is 261 g/mol. The second-order valence-corrected chi connectivity index (χ2v) is 4.09. The molecule has 0 radical (unpaired) electrons. The molecule has 1 N–H and O–H groups in total. The molecule has 0 aliphatic rings. The van der Waals surface area contributed by atoms with Crippen molar-refractivity contribution < 1.29 is 14.2 Å². The number of halogens is 1. The summed E-state index contributed by atoms with van der Waals surface area (Å²) in [6, 6.07) is 4.47. The molecule has 0 aliphatic carbocycles. The topological polar surface area (TPSA) is 60.2 Å². The normalized spacial score (nSPS) is 9.95. The van der Waals surface area contributed by atoms with Crippen molar-refractivity contribution in [3.05, 3.63) is 41.5 Å². The van der Waals surface area contributed by atoms with E-state index in [0.717, 1.165) is 0 Å². The average Bonchev–Trinajstić information content (AvgIpc) is 2.85. The first-order chi connectivity index (χ1) is 9.69. The Bertz CT molecular complexity index is 643. The minimum absolute atomic E-state index is 0.0338.